The number of fused-ring (bicyclic) bond motifs is 3. The lowest BCUT2D eigenvalue weighted by molar-refractivity contribution is -0.148. The van der Waals surface area contributed by atoms with Crippen LogP contribution < -0.4 is 4.74 Å². The van der Waals surface area contributed by atoms with Crippen LogP contribution in [0.5, 0.6) is 5.75 Å². The van der Waals surface area contributed by atoms with Crippen LogP contribution >= 0.6 is 0 Å². The van der Waals surface area contributed by atoms with Gasteiger partial charge in [-0.2, -0.15) is 0 Å². The number of aliphatic hydroxyl groups excluding tert-OH is 4. The van der Waals surface area contributed by atoms with Crippen molar-refractivity contribution in [3.8, 4) is 16.9 Å². The predicted molar refractivity (Wildman–Crippen MR) is 187 cm³/mol. The average Bonchev–Trinajstić information content (AvgIpc) is 3.50. The Bertz CT molecular complexity index is 1780. The largest absolute Gasteiger partial charge is 0.508 e. The summed E-state index contributed by atoms with van der Waals surface area (Å²) >= 11 is 0. The highest BCUT2D eigenvalue weighted by Gasteiger charge is 2.43. The molecule has 6 rings (SSSR count). The Balaban J connectivity index is 1.22. The fourth-order valence-corrected chi connectivity index (χ4v) is 6.75. The van der Waals surface area contributed by atoms with Gasteiger partial charge in [0.05, 0.1) is 20.3 Å². The summed E-state index contributed by atoms with van der Waals surface area (Å²) in [6.07, 6.45) is -8.22. The molecule has 9 nitrogen and oxygen atoms in total. The van der Waals surface area contributed by atoms with Crippen LogP contribution in [0.15, 0.2) is 133 Å². The van der Waals surface area contributed by atoms with Crippen LogP contribution in [-0.4, -0.2) is 77.9 Å². The smallest absolute Gasteiger partial charge is 0.496 e. The van der Waals surface area contributed by atoms with Crippen molar-refractivity contribution in [2.75, 3.05) is 26.9 Å². The average molecular weight is 677 g/mol. The number of carbonyl (C=O) groups is 1. The van der Waals surface area contributed by atoms with E-state index in [1.807, 2.05) is 127 Å². The fourth-order valence-electron chi connectivity index (χ4n) is 6.75. The number of methoxy groups -OCH3 is 1. The lowest BCUT2D eigenvalue weighted by atomic mass is 9.79. The number of ether oxygens (including phenoxy) is 4. The van der Waals surface area contributed by atoms with Crippen LogP contribution in [0.25, 0.3) is 11.1 Å². The van der Waals surface area contributed by atoms with Crippen LogP contribution in [-0.2, 0) is 19.8 Å². The van der Waals surface area contributed by atoms with E-state index in [-0.39, 0.29) is 12.5 Å². The third-order valence-corrected chi connectivity index (χ3v) is 9.18. The summed E-state index contributed by atoms with van der Waals surface area (Å²) in [7, 11) is 1.56. The highest BCUT2D eigenvalue weighted by atomic mass is 16.7. The van der Waals surface area contributed by atoms with Gasteiger partial charge in [-0.25, -0.2) is 4.79 Å². The van der Waals surface area contributed by atoms with E-state index >= 15 is 0 Å². The number of hydrogen-bond donors (Lipinski definition) is 4. The molecule has 0 saturated carbocycles. The third kappa shape index (κ3) is 6.87. The summed E-state index contributed by atoms with van der Waals surface area (Å²) in [5, 5.41) is 43.1. The highest BCUT2D eigenvalue weighted by Crippen LogP contribution is 2.46. The van der Waals surface area contributed by atoms with Crippen molar-refractivity contribution in [2.24, 2.45) is 0 Å². The van der Waals surface area contributed by atoms with Crippen LogP contribution in [0.4, 0.5) is 4.79 Å². The van der Waals surface area contributed by atoms with Gasteiger partial charge in [0.1, 0.15) is 36.3 Å². The summed E-state index contributed by atoms with van der Waals surface area (Å²) in [5.74, 6) is 0.279. The first kappa shape index (κ1) is 34.8. The molecule has 0 radical (unpaired) electrons. The molecule has 0 aliphatic heterocycles. The summed E-state index contributed by atoms with van der Waals surface area (Å²) < 4.78 is 23.3. The summed E-state index contributed by atoms with van der Waals surface area (Å²) in [6, 6.07) is 41.8. The molecule has 1 aliphatic rings. The normalized spacial score (nSPS) is 14.9. The summed E-state index contributed by atoms with van der Waals surface area (Å²) in [5.41, 5.74) is 4.85. The number of hydrogen-bond acceptors (Lipinski definition) is 9. The van der Waals surface area contributed by atoms with Gasteiger partial charge in [-0.05, 0) is 39.4 Å². The third-order valence-electron chi connectivity index (χ3n) is 9.18. The molecular weight excluding hydrogens is 636 g/mol. The molecule has 9 heteroatoms. The van der Waals surface area contributed by atoms with Crippen molar-refractivity contribution < 1.29 is 44.2 Å². The minimum Gasteiger partial charge on any atom is -0.496 e. The maximum atomic E-state index is 13.0. The van der Waals surface area contributed by atoms with Crippen molar-refractivity contribution in [2.45, 2.75) is 35.9 Å². The predicted octanol–water partition coefficient (Wildman–Crippen LogP) is 5.41. The second kappa shape index (κ2) is 15.7. The molecule has 5 aromatic carbocycles. The SMILES string of the molecule is COc1ccccc1C(OC[C@@H](O)[C@@H](O)[C@@H](OC(=O)OCC1c2ccccc2-c2ccccc21)[C@H](O)CO)(c1ccccc1)c1ccccc1. The van der Waals surface area contributed by atoms with Crippen molar-refractivity contribution in [1.29, 1.82) is 0 Å². The van der Waals surface area contributed by atoms with Gasteiger partial charge in [-0.3, -0.25) is 0 Å². The van der Waals surface area contributed by atoms with Gasteiger partial charge in [0.25, 0.3) is 0 Å². The van der Waals surface area contributed by atoms with Crippen molar-refractivity contribution in [3.63, 3.8) is 0 Å². The maximum Gasteiger partial charge on any atom is 0.508 e. The van der Waals surface area contributed by atoms with E-state index in [1.165, 1.54) is 0 Å². The number of carbonyl (C=O) groups excluding carboxylic acids is 1. The molecule has 4 atom stereocenters. The second-order valence-electron chi connectivity index (χ2n) is 12.1. The van der Waals surface area contributed by atoms with Gasteiger partial charge in [-0.15, -0.1) is 0 Å². The van der Waals surface area contributed by atoms with E-state index in [2.05, 4.69) is 0 Å². The molecule has 0 fully saturated rings. The molecule has 258 valence electrons. The zero-order valence-electron chi connectivity index (χ0n) is 27.5. The highest BCUT2D eigenvalue weighted by molar-refractivity contribution is 5.79. The number of para-hydroxylation sites is 1. The van der Waals surface area contributed by atoms with Crippen molar-refractivity contribution in [3.05, 3.63) is 161 Å². The van der Waals surface area contributed by atoms with Crippen LogP contribution in [0.1, 0.15) is 33.7 Å². The van der Waals surface area contributed by atoms with Crippen LogP contribution in [0, 0.1) is 0 Å². The first-order valence-corrected chi connectivity index (χ1v) is 16.4. The number of benzene rings is 5. The second-order valence-corrected chi connectivity index (χ2v) is 12.1. The van der Waals surface area contributed by atoms with Gasteiger partial charge >= 0.3 is 6.16 Å². The molecule has 0 bridgehead atoms. The first-order chi connectivity index (χ1) is 24.4. The van der Waals surface area contributed by atoms with Crippen LogP contribution in [0.3, 0.4) is 0 Å². The number of aliphatic hydroxyl groups is 4. The molecule has 50 heavy (non-hydrogen) atoms. The summed E-state index contributed by atoms with van der Waals surface area (Å²) in [6.45, 7) is -1.40. The molecule has 0 spiro atoms. The van der Waals surface area contributed by atoms with Crippen LogP contribution in [0.2, 0.25) is 0 Å². The standard InChI is InChI=1S/C41H40O9/c1-47-37-23-13-12-22-34(37)41(27-14-4-2-5-15-27,28-16-6-3-7-17-28)49-26-36(44)38(45)39(35(43)24-42)50-40(46)48-25-33-31-20-10-8-18-29(31)30-19-9-11-21-32(30)33/h2-23,33,35-36,38-39,42-45H,24-26H2,1H3/t35-,36-,38-,39+/m1/s1. The molecule has 1 aliphatic carbocycles. The first-order valence-electron chi connectivity index (χ1n) is 16.4. The van der Waals surface area contributed by atoms with E-state index < -0.39 is 49.4 Å². The summed E-state index contributed by atoms with van der Waals surface area (Å²) in [4.78, 5) is 13.0. The minimum absolute atomic E-state index is 0.0634. The Hall–Kier alpha value is -5.03. The van der Waals surface area contributed by atoms with E-state index in [4.69, 9.17) is 18.9 Å². The topological polar surface area (TPSA) is 135 Å². The number of rotatable bonds is 14. The molecule has 0 amide bonds. The van der Waals surface area contributed by atoms with Gasteiger partial charge in [-0.1, -0.05) is 127 Å². The molecule has 0 heterocycles. The fraction of sp³-hybridized carbons (Fsp3) is 0.244. The lowest BCUT2D eigenvalue weighted by Gasteiger charge is -2.38. The zero-order valence-corrected chi connectivity index (χ0v) is 27.5. The van der Waals surface area contributed by atoms with E-state index in [1.54, 1.807) is 13.2 Å². The molecule has 0 saturated heterocycles. The molecule has 4 N–H and O–H groups in total. The molecule has 0 aromatic heterocycles. The van der Waals surface area contributed by atoms with Gasteiger partial charge in [0.15, 0.2) is 6.10 Å². The lowest BCUT2D eigenvalue weighted by Crippen LogP contribution is -2.50. The van der Waals surface area contributed by atoms with Crippen molar-refractivity contribution in [1.82, 2.24) is 0 Å². The Morgan fingerprint density at radius 3 is 1.78 bits per heavy atom. The Kier molecular flexibility index (Phi) is 10.9. The zero-order chi connectivity index (χ0) is 35.1. The molecule has 5 aromatic rings. The molecule has 0 unspecified atom stereocenters. The monoisotopic (exact) mass is 676 g/mol. The Morgan fingerprint density at radius 1 is 0.700 bits per heavy atom. The van der Waals surface area contributed by atoms with E-state index in [9.17, 15) is 25.2 Å². The minimum atomic E-state index is -1.88. The van der Waals surface area contributed by atoms with E-state index in [0.717, 1.165) is 33.4 Å². The van der Waals surface area contributed by atoms with E-state index in [0.29, 0.717) is 11.3 Å². The van der Waals surface area contributed by atoms with Gasteiger partial charge in [0, 0.05) is 11.5 Å². The Morgan fingerprint density at radius 2 is 1.22 bits per heavy atom. The van der Waals surface area contributed by atoms with Gasteiger partial charge in [0.2, 0.25) is 0 Å². The van der Waals surface area contributed by atoms with Gasteiger partial charge < -0.3 is 39.4 Å². The quantitative estimate of drug-likeness (QED) is 0.0900. The molecular formula is C41H40O9. The Labute approximate surface area is 290 Å². The maximum absolute atomic E-state index is 13.0. The van der Waals surface area contributed by atoms with Crippen molar-refractivity contribution >= 4 is 6.16 Å².